The van der Waals surface area contributed by atoms with Gasteiger partial charge in [-0.15, -0.1) is 0 Å². The molecule has 1 fully saturated rings. The number of ether oxygens (including phenoxy) is 1. The maximum absolute atomic E-state index is 6.23. The van der Waals surface area contributed by atoms with Crippen LogP contribution in [0.4, 0.5) is 5.82 Å². The Kier molecular flexibility index (Phi) is 3.80. The second-order valence-electron chi connectivity index (χ2n) is 6.47. The zero-order valence-electron chi connectivity index (χ0n) is 14.2. The predicted molar refractivity (Wildman–Crippen MR) is 103 cm³/mol. The summed E-state index contributed by atoms with van der Waals surface area (Å²) in [6, 6.07) is 7.88. The highest BCUT2D eigenvalue weighted by molar-refractivity contribution is 6.33. The number of hydrogen-bond donors (Lipinski definition) is 1. The van der Waals surface area contributed by atoms with Gasteiger partial charge in [-0.25, -0.2) is 4.98 Å². The fraction of sp³-hybridized carbons (Fsp3) is 0.263. The predicted octanol–water partition coefficient (Wildman–Crippen LogP) is 2.73. The third-order valence-electron chi connectivity index (χ3n) is 4.77. The normalized spacial score (nSPS) is 17.0. The molecule has 5 heterocycles. The smallest absolute Gasteiger partial charge is 0.223 e. The van der Waals surface area contributed by atoms with Crippen molar-refractivity contribution >= 4 is 34.7 Å². The Morgan fingerprint density at radius 2 is 2.00 bits per heavy atom. The second kappa shape index (κ2) is 6.30. The van der Waals surface area contributed by atoms with Crippen LogP contribution in [0.15, 0.2) is 36.7 Å². The SMILES string of the molecule is Clc1cccn2cc(C3=Cc4ccc(N5CCNCC5)nc4OC3)nc12. The summed E-state index contributed by atoms with van der Waals surface area (Å²) in [5, 5.41) is 3.99. The van der Waals surface area contributed by atoms with Crippen LogP contribution in [0, 0.1) is 0 Å². The quantitative estimate of drug-likeness (QED) is 0.754. The van der Waals surface area contributed by atoms with Gasteiger partial charge in [-0.05, 0) is 30.3 Å². The molecule has 7 heteroatoms. The number of pyridine rings is 2. The lowest BCUT2D eigenvalue weighted by molar-refractivity contribution is 0.350. The first-order chi connectivity index (χ1) is 12.8. The topological polar surface area (TPSA) is 54.7 Å². The summed E-state index contributed by atoms with van der Waals surface area (Å²) in [7, 11) is 0. The molecule has 0 aromatic carbocycles. The van der Waals surface area contributed by atoms with E-state index in [0.29, 0.717) is 17.5 Å². The molecule has 0 aliphatic carbocycles. The Morgan fingerprint density at radius 1 is 1.12 bits per heavy atom. The Balaban J connectivity index is 1.47. The van der Waals surface area contributed by atoms with E-state index in [1.807, 2.05) is 28.9 Å². The number of fused-ring (bicyclic) bond motifs is 2. The largest absolute Gasteiger partial charge is 0.472 e. The number of halogens is 1. The average Bonchev–Trinajstić information content (AvgIpc) is 3.14. The van der Waals surface area contributed by atoms with Crippen molar-refractivity contribution in [1.29, 1.82) is 0 Å². The third-order valence-corrected chi connectivity index (χ3v) is 5.07. The van der Waals surface area contributed by atoms with Gasteiger partial charge in [0.15, 0.2) is 5.65 Å². The lowest BCUT2D eigenvalue weighted by Gasteiger charge is -2.29. The minimum atomic E-state index is 0.451. The molecule has 2 aliphatic heterocycles. The molecule has 5 rings (SSSR count). The van der Waals surface area contributed by atoms with Crippen LogP contribution in [-0.2, 0) is 0 Å². The van der Waals surface area contributed by atoms with Crippen LogP contribution in [-0.4, -0.2) is 47.2 Å². The van der Waals surface area contributed by atoms with E-state index in [9.17, 15) is 0 Å². The summed E-state index contributed by atoms with van der Waals surface area (Å²) >= 11 is 6.23. The van der Waals surface area contributed by atoms with Gasteiger partial charge in [0.25, 0.3) is 0 Å². The number of anilines is 1. The fourth-order valence-electron chi connectivity index (χ4n) is 3.39. The van der Waals surface area contributed by atoms with Crippen LogP contribution in [0.25, 0.3) is 17.3 Å². The van der Waals surface area contributed by atoms with Crippen LogP contribution < -0.4 is 15.0 Å². The van der Waals surface area contributed by atoms with Gasteiger partial charge >= 0.3 is 0 Å². The molecule has 0 bridgehead atoms. The Hall–Kier alpha value is -2.57. The molecule has 26 heavy (non-hydrogen) atoms. The summed E-state index contributed by atoms with van der Waals surface area (Å²) < 4.78 is 7.87. The molecule has 3 aromatic rings. The maximum Gasteiger partial charge on any atom is 0.223 e. The van der Waals surface area contributed by atoms with Gasteiger partial charge in [-0.3, -0.25) is 0 Å². The van der Waals surface area contributed by atoms with Crippen LogP contribution >= 0.6 is 11.6 Å². The molecule has 1 N–H and O–H groups in total. The molecule has 0 unspecified atom stereocenters. The highest BCUT2D eigenvalue weighted by atomic mass is 35.5. The van der Waals surface area contributed by atoms with E-state index in [-0.39, 0.29) is 0 Å². The van der Waals surface area contributed by atoms with E-state index >= 15 is 0 Å². The second-order valence-corrected chi connectivity index (χ2v) is 6.88. The molecule has 3 aromatic heterocycles. The van der Waals surface area contributed by atoms with E-state index in [0.717, 1.165) is 54.5 Å². The van der Waals surface area contributed by atoms with Crippen LogP contribution in [0.1, 0.15) is 11.3 Å². The van der Waals surface area contributed by atoms with Crippen molar-refractivity contribution < 1.29 is 4.74 Å². The number of aromatic nitrogens is 3. The highest BCUT2D eigenvalue weighted by Crippen LogP contribution is 2.31. The van der Waals surface area contributed by atoms with Crippen LogP contribution in [0.2, 0.25) is 5.02 Å². The molecule has 2 aliphatic rings. The van der Waals surface area contributed by atoms with Gasteiger partial charge in [0.05, 0.1) is 10.7 Å². The summed E-state index contributed by atoms with van der Waals surface area (Å²) in [5.41, 5.74) is 3.63. The van der Waals surface area contributed by atoms with Gasteiger partial charge in [0.1, 0.15) is 12.4 Å². The summed E-state index contributed by atoms with van der Waals surface area (Å²) in [6.45, 7) is 4.36. The molecular weight excluding hydrogens is 350 g/mol. The van der Waals surface area contributed by atoms with E-state index in [1.165, 1.54) is 0 Å². The average molecular weight is 368 g/mol. The van der Waals surface area contributed by atoms with Crippen LogP contribution in [0.3, 0.4) is 0 Å². The van der Waals surface area contributed by atoms with Gasteiger partial charge in [0, 0.05) is 49.7 Å². The molecule has 0 amide bonds. The standard InChI is InChI=1S/C19H18ClN5O/c20-15-2-1-7-25-11-16(22-18(15)25)14-10-13-3-4-17(23-19(13)26-12-14)24-8-5-21-6-9-24/h1-4,7,10-11,21H,5-6,8-9,12H2. The van der Waals surface area contributed by atoms with Crippen molar-refractivity contribution in [3.63, 3.8) is 0 Å². The monoisotopic (exact) mass is 367 g/mol. The third kappa shape index (κ3) is 2.71. The van der Waals surface area contributed by atoms with Crippen molar-refractivity contribution in [3.8, 4) is 5.88 Å². The summed E-state index contributed by atoms with van der Waals surface area (Å²) in [4.78, 5) is 11.6. The molecule has 0 atom stereocenters. The van der Waals surface area contributed by atoms with Gasteiger partial charge in [-0.1, -0.05) is 11.6 Å². The van der Waals surface area contributed by atoms with Crippen molar-refractivity contribution in [2.45, 2.75) is 0 Å². The lowest BCUT2D eigenvalue weighted by Crippen LogP contribution is -2.43. The van der Waals surface area contributed by atoms with E-state index in [2.05, 4.69) is 33.4 Å². The Bertz CT molecular complexity index is 1010. The summed E-state index contributed by atoms with van der Waals surface area (Å²) in [5.74, 6) is 1.66. The zero-order chi connectivity index (χ0) is 17.5. The molecule has 0 spiro atoms. The minimum Gasteiger partial charge on any atom is -0.472 e. The van der Waals surface area contributed by atoms with E-state index < -0.39 is 0 Å². The highest BCUT2D eigenvalue weighted by Gasteiger charge is 2.19. The first-order valence-electron chi connectivity index (χ1n) is 8.71. The molecule has 6 nitrogen and oxygen atoms in total. The van der Waals surface area contributed by atoms with Crippen molar-refractivity contribution in [2.24, 2.45) is 0 Å². The number of nitrogens with one attached hydrogen (secondary N) is 1. The zero-order valence-corrected chi connectivity index (χ0v) is 14.9. The minimum absolute atomic E-state index is 0.451. The van der Waals surface area contributed by atoms with Crippen LogP contribution in [0.5, 0.6) is 5.88 Å². The van der Waals surface area contributed by atoms with Crippen molar-refractivity contribution in [2.75, 3.05) is 37.7 Å². The van der Waals surface area contributed by atoms with Gasteiger partial charge in [0.2, 0.25) is 5.88 Å². The molecule has 1 saturated heterocycles. The molecule has 0 saturated carbocycles. The first kappa shape index (κ1) is 15.7. The molecular formula is C19H18ClN5O. The van der Waals surface area contributed by atoms with E-state index in [1.54, 1.807) is 0 Å². The number of rotatable bonds is 2. The lowest BCUT2D eigenvalue weighted by atomic mass is 10.1. The first-order valence-corrected chi connectivity index (χ1v) is 9.09. The van der Waals surface area contributed by atoms with Crippen molar-refractivity contribution in [1.82, 2.24) is 19.7 Å². The van der Waals surface area contributed by atoms with Gasteiger partial charge < -0.3 is 19.4 Å². The number of hydrogen-bond acceptors (Lipinski definition) is 5. The number of imidazole rings is 1. The maximum atomic E-state index is 6.23. The van der Waals surface area contributed by atoms with Crippen molar-refractivity contribution in [3.05, 3.63) is 52.9 Å². The molecule has 132 valence electrons. The number of nitrogens with zero attached hydrogens (tertiary/aromatic N) is 4. The molecule has 0 radical (unpaired) electrons. The van der Waals surface area contributed by atoms with E-state index in [4.69, 9.17) is 21.3 Å². The fourth-order valence-corrected chi connectivity index (χ4v) is 3.61. The number of piperazine rings is 1. The van der Waals surface area contributed by atoms with Gasteiger partial charge in [-0.2, -0.15) is 4.98 Å². The Morgan fingerprint density at radius 3 is 2.85 bits per heavy atom. The Labute approximate surface area is 156 Å². The summed E-state index contributed by atoms with van der Waals surface area (Å²) in [6.07, 6.45) is 6.02.